The summed E-state index contributed by atoms with van der Waals surface area (Å²) in [6, 6.07) is 0. The maximum absolute atomic E-state index is 11.4. The van der Waals surface area contributed by atoms with Crippen molar-refractivity contribution in [3.63, 3.8) is 0 Å². The minimum Gasteiger partial charge on any atom is -0.466 e. The van der Waals surface area contributed by atoms with Gasteiger partial charge in [-0.2, -0.15) is 0 Å². The van der Waals surface area contributed by atoms with E-state index in [2.05, 4.69) is 0 Å². The predicted molar refractivity (Wildman–Crippen MR) is 60.7 cm³/mol. The number of carbonyl (C=O) groups is 2. The third kappa shape index (κ3) is 6.38. The van der Waals surface area contributed by atoms with Crippen molar-refractivity contribution >= 4 is 11.8 Å². The van der Waals surface area contributed by atoms with Crippen LogP contribution >= 0.6 is 0 Å². The second kappa shape index (κ2) is 8.20. The Kier molecular flexibility index (Phi) is 6.81. The van der Waals surface area contributed by atoms with Crippen LogP contribution in [0.3, 0.4) is 0 Å². The summed E-state index contributed by atoms with van der Waals surface area (Å²) in [5.74, 6) is -0.505. The zero-order valence-electron chi connectivity index (χ0n) is 10.3. The summed E-state index contributed by atoms with van der Waals surface area (Å²) in [6.45, 7) is 3.92. The Hall–Kier alpha value is -0.940. The first-order valence-corrected chi connectivity index (χ1v) is 6.09. The lowest BCUT2D eigenvalue weighted by Crippen LogP contribution is -2.28. The van der Waals surface area contributed by atoms with E-state index in [-0.39, 0.29) is 18.3 Å². The van der Waals surface area contributed by atoms with Gasteiger partial charge < -0.3 is 14.2 Å². The van der Waals surface area contributed by atoms with Gasteiger partial charge in [0.25, 0.3) is 0 Å². The molecule has 1 rings (SSSR count). The fourth-order valence-electron chi connectivity index (χ4n) is 1.69. The lowest BCUT2D eigenvalue weighted by molar-refractivity contribution is -0.145. The van der Waals surface area contributed by atoms with E-state index in [1.165, 1.54) is 0 Å². The van der Waals surface area contributed by atoms with Crippen molar-refractivity contribution < 1.29 is 23.8 Å². The van der Waals surface area contributed by atoms with Crippen LogP contribution in [0.15, 0.2) is 0 Å². The largest absolute Gasteiger partial charge is 0.466 e. The van der Waals surface area contributed by atoms with Crippen LogP contribution in [0.5, 0.6) is 0 Å². The van der Waals surface area contributed by atoms with Crippen molar-refractivity contribution in [1.29, 1.82) is 0 Å². The molecule has 0 N–H and O–H groups in total. The number of ketones is 1. The summed E-state index contributed by atoms with van der Waals surface area (Å²) < 4.78 is 15.4. The Morgan fingerprint density at radius 2 is 2.18 bits per heavy atom. The van der Waals surface area contributed by atoms with E-state index in [0.717, 1.165) is 12.8 Å². The van der Waals surface area contributed by atoms with E-state index in [4.69, 9.17) is 14.2 Å². The highest BCUT2D eigenvalue weighted by Crippen LogP contribution is 2.10. The van der Waals surface area contributed by atoms with Gasteiger partial charge in [0.2, 0.25) is 0 Å². The lowest BCUT2D eigenvalue weighted by Gasteiger charge is -2.22. The molecule has 1 unspecified atom stereocenters. The van der Waals surface area contributed by atoms with E-state index in [0.29, 0.717) is 32.8 Å². The summed E-state index contributed by atoms with van der Waals surface area (Å²) in [5.41, 5.74) is 0. The van der Waals surface area contributed by atoms with E-state index in [9.17, 15) is 9.59 Å². The van der Waals surface area contributed by atoms with E-state index >= 15 is 0 Å². The molecule has 5 heteroatoms. The standard InChI is InChI=1S/C12H20O5/c1-2-16-12(14)8-10(13)4-3-5-11-9-15-6-7-17-11/h11H,2-9H2,1H3. The zero-order chi connectivity index (χ0) is 12.5. The van der Waals surface area contributed by atoms with Crippen LogP contribution < -0.4 is 0 Å². The number of hydrogen-bond acceptors (Lipinski definition) is 5. The molecule has 1 aliphatic rings. The van der Waals surface area contributed by atoms with Gasteiger partial charge in [0.15, 0.2) is 0 Å². The minimum absolute atomic E-state index is 0.0693. The van der Waals surface area contributed by atoms with Crippen molar-refractivity contribution in [2.75, 3.05) is 26.4 Å². The maximum atomic E-state index is 11.4. The minimum atomic E-state index is -0.435. The molecule has 1 fully saturated rings. The Morgan fingerprint density at radius 1 is 1.35 bits per heavy atom. The van der Waals surface area contributed by atoms with Gasteiger partial charge >= 0.3 is 5.97 Å². The molecule has 0 aliphatic carbocycles. The smallest absolute Gasteiger partial charge is 0.313 e. The molecule has 0 aromatic carbocycles. The first kappa shape index (κ1) is 14.1. The fraction of sp³-hybridized carbons (Fsp3) is 0.833. The van der Waals surface area contributed by atoms with Gasteiger partial charge in [-0.3, -0.25) is 9.59 Å². The highest BCUT2D eigenvalue weighted by atomic mass is 16.6. The average Bonchev–Trinajstić information content (AvgIpc) is 2.30. The molecule has 1 atom stereocenters. The van der Waals surface area contributed by atoms with Gasteiger partial charge in [0.1, 0.15) is 12.2 Å². The Labute approximate surface area is 101 Å². The molecular formula is C12H20O5. The van der Waals surface area contributed by atoms with Crippen LogP contribution in [0.25, 0.3) is 0 Å². The molecule has 0 aromatic heterocycles. The third-order valence-corrected chi connectivity index (χ3v) is 2.51. The van der Waals surface area contributed by atoms with E-state index < -0.39 is 5.97 Å². The van der Waals surface area contributed by atoms with Crippen LogP contribution in [-0.2, 0) is 23.8 Å². The van der Waals surface area contributed by atoms with Crippen molar-refractivity contribution in [2.45, 2.75) is 38.7 Å². The third-order valence-electron chi connectivity index (χ3n) is 2.51. The highest BCUT2D eigenvalue weighted by molar-refractivity contribution is 5.95. The number of ether oxygens (including phenoxy) is 3. The van der Waals surface area contributed by atoms with Crippen molar-refractivity contribution in [2.24, 2.45) is 0 Å². The Morgan fingerprint density at radius 3 is 2.82 bits per heavy atom. The van der Waals surface area contributed by atoms with Gasteiger partial charge in [0, 0.05) is 6.42 Å². The summed E-state index contributed by atoms with van der Waals surface area (Å²) in [7, 11) is 0. The average molecular weight is 244 g/mol. The van der Waals surface area contributed by atoms with Gasteiger partial charge in [-0.15, -0.1) is 0 Å². The number of rotatable bonds is 7. The molecule has 0 radical (unpaired) electrons. The molecule has 1 aliphatic heterocycles. The number of carbonyl (C=O) groups excluding carboxylic acids is 2. The second-order valence-electron chi connectivity index (χ2n) is 3.98. The van der Waals surface area contributed by atoms with Gasteiger partial charge in [-0.25, -0.2) is 0 Å². The molecule has 1 saturated heterocycles. The van der Waals surface area contributed by atoms with Gasteiger partial charge in [0.05, 0.1) is 32.5 Å². The van der Waals surface area contributed by atoms with E-state index in [1.54, 1.807) is 6.92 Å². The molecule has 5 nitrogen and oxygen atoms in total. The Bertz CT molecular complexity index is 245. The zero-order valence-corrected chi connectivity index (χ0v) is 10.3. The van der Waals surface area contributed by atoms with Crippen molar-refractivity contribution in [3.05, 3.63) is 0 Å². The summed E-state index contributed by atoms with van der Waals surface area (Å²) in [5, 5.41) is 0. The van der Waals surface area contributed by atoms with Crippen LogP contribution in [-0.4, -0.2) is 44.3 Å². The van der Waals surface area contributed by atoms with Crippen LogP contribution in [0.1, 0.15) is 32.6 Å². The summed E-state index contributed by atoms with van der Waals surface area (Å²) in [4.78, 5) is 22.4. The first-order valence-electron chi connectivity index (χ1n) is 6.09. The summed E-state index contributed by atoms with van der Waals surface area (Å²) in [6.07, 6.45) is 1.91. The SMILES string of the molecule is CCOC(=O)CC(=O)CCCC1COCCO1. The number of esters is 1. The topological polar surface area (TPSA) is 61.8 Å². The molecule has 0 amide bonds. The summed E-state index contributed by atoms with van der Waals surface area (Å²) >= 11 is 0. The van der Waals surface area contributed by atoms with E-state index in [1.807, 2.05) is 0 Å². The second-order valence-corrected chi connectivity index (χ2v) is 3.98. The van der Waals surface area contributed by atoms with Crippen molar-refractivity contribution in [1.82, 2.24) is 0 Å². The molecule has 0 spiro atoms. The van der Waals surface area contributed by atoms with Crippen LogP contribution in [0, 0.1) is 0 Å². The number of Topliss-reactive ketones (excluding diaryl/α,β-unsaturated/α-hetero) is 1. The first-order chi connectivity index (χ1) is 8.22. The Balaban J connectivity index is 2.05. The molecular weight excluding hydrogens is 224 g/mol. The number of hydrogen-bond donors (Lipinski definition) is 0. The molecule has 17 heavy (non-hydrogen) atoms. The fourth-order valence-corrected chi connectivity index (χ4v) is 1.69. The molecule has 98 valence electrons. The van der Waals surface area contributed by atoms with Gasteiger partial charge in [-0.1, -0.05) is 0 Å². The normalized spacial score (nSPS) is 19.9. The highest BCUT2D eigenvalue weighted by Gasteiger charge is 2.15. The van der Waals surface area contributed by atoms with Crippen molar-refractivity contribution in [3.8, 4) is 0 Å². The molecule has 1 heterocycles. The predicted octanol–water partition coefficient (Wildman–Crippen LogP) is 1.09. The maximum Gasteiger partial charge on any atom is 0.313 e. The molecule has 0 bridgehead atoms. The molecule has 0 aromatic rings. The quantitative estimate of drug-likeness (QED) is 0.495. The lowest BCUT2D eigenvalue weighted by atomic mass is 10.1. The monoisotopic (exact) mass is 244 g/mol. The molecule has 0 saturated carbocycles. The van der Waals surface area contributed by atoms with Crippen LogP contribution in [0.4, 0.5) is 0 Å². The van der Waals surface area contributed by atoms with Crippen LogP contribution in [0.2, 0.25) is 0 Å². The van der Waals surface area contributed by atoms with Gasteiger partial charge in [-0.05, 0) is 19.8 Å².